The molecule has 2 aromatic carbocycles. The lowest BCUT2D eigenvalue weighted by atomic mass is 9.98. The number of methoxy groups -OCH3 is 1. The zero-order valence-electron chi connectivity index (χ0n) is 12.4. The Morgan fingerprint density at radius 1 is 1.15 bits per heavy atom. The van der Waals surface area contributed by atoms with E-state index in [1.54, 1.807) is 7.11 Å². The molecule has 0 saturated carbocycles. The van der Waals surface area contributed by atoms with E-state index in [1.807, 2.05) is 0 Å². The Bertz CT molecular complexity index is 755. The molecule has 1 aromatic heterocycles. The van der Waals surface area contributed by atoms with E-state index in [2.05, 4.69) is 49.2 Å². The first-order valence-corrected chi connectivity index (χ1v) is 7.33. The molecule has 2 heteroatoms. The van der Waals surface area contributed by atoms with E-state index in [1.165, 1.54) is 45.8 Å². The molecule has 0 aliphatic rings. The highest BCUT2D eigenvalue weighted by Gasteiger charge is 2.14. The number of nitrogens with one attached hydrogen (secondary N) is 1. The summed E-state index contributed by atoms with van der Waals surface area (Å²) in [6, 6.07) is 10.6. The van der Waals surface area contributed by atoms with Crippen molar-refractivity contribution in [3.63, 3.8) is 0 Å². The molecular weight excluding hydrogens is 246 g/mol. The monoisotopic (exact) mass is 267 g/mol. The van der Waals surface area contributed by atoms with Gasteiger partial charge in [-0.05, 0) is 43.0 Å². The molecule has 20 heavy (non-hydrogen) atoms. The summed E-state index contributed by atoms with van der Waals surface area (Å²) < 4.78 is 5.58. The maximum Gasteiger partial charge on any atom is 0.122 e. The summed E-state index contributed by atoms with van der Waals surface area (Å²) in [5.74, 6) is 0.994. The number of benzene rings is 2. The molecule has 1 heterocycles. The third-order valence-corrected chi connectivity index (χ3v) is 4.15. The minimum absolute atomic E-state index is 0.994. The molecule has 2 nitrogen and oxygen atoms in total. The van der Waals surface area contributed by atoms with E-state index in [0.29, 0.717) is 0 Å². The Hall–Kier alpha value is -1.96. The van der Waals surface area contributed by atoms with Crippen molar-refractivity contribution in [2.75, 3.05) is 7.11 Å². The fraction of sp³-hybridized carbons (Fsp3) is 0.333. The SMILES string of the molecule is CCCCc1c(C)c(OC)cc2c1[nH]c1ccccc12. The van der Waals surface area contributed by atoms with Gasteiger partial charge in [-0.3, -0.25) is 0 Å². The van der Waals surface area contributed by atoms with Gasteiger partial charge in [0.15, 0.2) is 0 Å². The van der Waals surface area contributed by atoms with Crippen molar-refractivity contribution in [1.29, 1.82) is 0 Å². The van der Waals surface area contributed by atoms with Crippen LogP contribution in [0.15, 0.2) is 30.3 Å². The van der Waals surface area contributed by atoms with Gasteiger partial charge in [0.05, 0.1) is 12.6 Å². The van der Waals surface area contributed by atoms with Crippen LogP contribution in [0.4, 0.5) is 0 Å². The summed E-state index contributed by atoms with van der Waals surface area (Å²) in [6.45, 7) is 4.40. The Labute approximate surface area is 119 Å². The molecule has 0 atom stereocenters. The van der Waals surface area contributed by atoms with E-state index in [-0.39, 0.29) is 0 Å². The number of unbranched alkanes of at least 4 members (excludes halogenated alkanes) is 1. The number of fused-ring (bicyclic) bond motifs is 3. The predicted molar refractivity (Wildman–Crippen MR) is 85.7 cm³/mol. The molecule has 1 N–H and O–H groups in total. The highest BCUT2D eigenvalue weighted by atomic mass is 16.5. The standard InChI is InChI=1S/C18H21NO/c1-4-5-8-13-12(2)17(20-3)11-15-14-9-6-7-10-16(14)19-18(13)15/h6-7,9-11,19H,4-5,8H2,1-3H3. The van der Waals surface area contributed by atoms with E-state index >= 15 is 0 Å². The Balaban J connectivity index is 2.34. The van der Waals surface area contributed by atoms with E-state index in [9.17, 15) is 0 Å². The Morgan fingerprint density at radius 3 is 2.70 bits per heavy atom. The molecule has 0 unspecified atom stereocenters. The Morgan fingerprint density at radius 2 is 1.95 bits per heavy atom. The van der Waals surface area contributed by atoms with Gasteiger partial charge >= 0.3 is 0 Å². The second-order valence-corrected chi connectivity index (χ2v) is 5.38. The second kappa shape index (κ2) is 5.20. The summed E-state index contributed by atoms with van der Waals surface area (Å²) in [5, 5.41) is 2.55. The largest absolute Gasteiger partial charge is 0.496 e. The number of para-hydroxylation sites is 1. The van der Waals surface area contributed by atoms with Gasteiger partial charge in [0.1, 0.15) is 5.75 Å². The lowest BCUT2D eigenvalue weighted by Gasteiger charge is -2.12. The number of hydrogen-bond donors (Lipinski definition) is 1. The number of hydrogen-bond acceptors (Lipinski definition) is 1. The van der Waals surface area contributed by atoms with Crippen LogP contribution in [0.1, 0.15) is 30.9 Å². The molecule has 104 valence electrons. The number of H-pyrrole nitrogens is 1. The zero-order chi connectivity index (χ0) is 14.1. The average molecular weight is 267 g/mol. The number of aryl methyl sites for hydroxylation is 1. The lowest BCUT2D eigenvalue weighted by Crippen LogP contribution is -1.96. The average Bonchev–Trinajstić information content (AvgIpc) is 2.84. The second-order valence-electron chi connectivity index (χ2n) is 5.38. The topological polar surface area (TPSA) is 25.0 Å². The first kappa shape index (κ1) is 13.0. The van der Waals surface area contributed by atoms with Crippen molar-refractivity contribution in [3.05, 3.63) is 41.5 Å². The van der Waals surface area contributed by atoms with E-state index in [0.717, 1.165) is 12.2 Å². The number of rotatable bonds is 4. The third-order valence-electron chi connectivity index (χ3n) is 4.15. The van der Waals surface area contributed by atoms with Gasteiger partial charge in [-0.15, -0.1) is 0 Å². The fourth-order valence-electron chi connectivity index (χ4n) is 3.01. The van der Waals surface area contributed by atoms with Gasteiger partial charge in [-0.2, -0.15) is 0 Å². The van der Waals surface area contributed by atoms with Crippen LogP contribution < -0.4 is 4.74 Å². The van der Waals surface area contributed by atoms with Crippen LogP contribution in [0.25, 0.3) is 21.8 Å². The molecule has 3 rings (SSSR count). The van der Waals surface area contributed by atoms with Crippen LogP contribution in [-0.4, -0.2) is 12.1 Å². The molecule has 0 spiro atoms. The highest BCUT2D eigenvalue weighted by molar-refractivity contribution is 6.09. The lowest BCUT2D eigenvalue weighted by molar-refractivity contribution is 0.411. The molecule has 0 amide bonds. The minimum atomic E-state index is 0.994. The van der Waals surface area contributed by atoms with Crippen molar-refractivity contribution in [1.82, 2.24) is 4.98 Å². The summed E-state index contributed by atoms with van der Waals surface area (Å²) in [6.07, 6.45) is 3.51. The van der Waals surface area contributed by atoms with Crippen LogP contribution in [0.3, 0.4) is 0 Å². The maximum atomic E-state index is 5.58. The third kappa shape index (κ3) is 1.96. The first-order valence-electron chi connectivity index (χ1n) is 7.33. The summed E-state index contributed by atoms with van der Waals surface area (Å²) in [5.41, 5.74) is 5.14. The van der Waals surface area contributed by atoms with Crippen LogP contribution in [0.5, 0.6) is 5.75 Å². The number of aromatic nitrogens is 1. The van der Waals surface area contributed by atoms with Crippen LogP contribution in [0.2, 0.25) is 0 Å². The van der Waals surface area contributed by atoms with Crippen LogP contribution in [-0.2, 0) is 6.42 Å². The molecule has 0 bridgehead atoms. The number of ether oxygens (including phenoxy) is 1. The van der Waals surface area contributed by atoms with Gasteiger partial charge in [0.25, 0.3) is 0 Å². The summed E-state index contributed by atoms with van der Waals surface area (Å²) in [4.78, 5) is 3.59. The number of aromatic amines is 1. The van der Waals surface area contributed by atoms with Crippen molar-refractivity contribution in [2.24, 2.45) is 0 Å². The predicted octanol–water partition coefficient (Wildman–Crippen LogP) is 4.98. The minimum Gasteiger partial charge on any atom is -0.496 e. The van der Waals surface area contributed by atoms with Crippen LogP contribution in [0, 0.1) is 6.92 Å². The highest BCUT2D eigenvalue weighted by Crippen LogP contribution is 2.35. The first-order chi connectivity index (χ1) is 9.76. The molecule has 0 fully saturated rings. The van der Waals surface area contributed by atoms with E-state index in [4.69, 9.17) is 4.74 Å². The summed E-state index contributed by atoms with van der Waals surface area (Å²) >= 11 is 0. The maximum absolute atomic E-state index is 5.58. The Kier molecular flexibility index (Phi) is 3.39. The summed E-state index contributed by atoms with van der Waals surface area (Å²) in [7, 11) is 1.76. The van der Waals surface area contributed by atoms with Gasteiger partial charge < -0.3 is 9.72 Å². The van der Waals surface area contributed by atoms with E-state index < -0.39 is 0 Å². The smallest absolute Gasteiger partial charge is 0.122 e. The van der Waals surface area contributed by atoms with Crippen molar-refractivity contribution in [3.8, 4) is 5.75 Å². The zero-order valence-corrected chi connectivity index (χ0v) is 12.4. The van der Waals surface area contributed by atoms with Gasteiger partial charge in [0.2, 0.25) is 0 Å². The van der Waals surface area contributed by atoms with Crippen LogP contribution >= 0.6 is 0 Å². The molecular formula is C18H21NO. The van der Waals surface area contributed by atoms with Gasteiger partial charge in [-0.1, -0.05) is 31.5 Å². The molecule has 0 radical (unpaired) electrons. The molecule has 0 saturated heterocycles. The van der Waals surface area contributed by atoms with Crippen molar-refractivity contribution < 1.29 is 4.74 Å². The fourth-order valence-corrected chi connectivity index (χ4v) is 3.01. The van der Waals surface area contributed by atoms with Crippen molar-refractivity contribution >= 4 is 21.8 Å². The quantitative estimate of drug-likeness (QED) is 0.708. The normalized spacial score (nSPS) is 11.3. The van der Waals surface area contributed by atoms with Gasteiger partial charge in [-0.25, -0.2) is 0 Å². The molecule has 0 aliphatic carbocycles. The van der Waals surface area contributed by atoms with Gasteiger partial charge in [0, 0.05) is 16.3 Å². The molecule has 0 aliphatic heterocycles. The molecule has 3 aromatic rings. The van der Waals surface area contributed by atoms with Crippen molar-refractivity contribution in [2.45, 2.75) is 33.1 Å².